The number of hydrogen-bond donors (Lipinski definition) is 4. The third-order valence-corrected chi connectivity index (χ3v) is 14.5. The Morgan fingerprint density at radius 1 is 0.537 bits per heavy atom. The zero-order valence-corrected chi connectivity index (χ0v) is 40.4. The van der Waals surface area contributed by atoms with Crippen molar-refractivity contribution in [2.75, 3.05) is 59.6 Å². The van der Waals surface area contributed by atoms with Gasteiger partial charge in [0.1, 0.15) is 23.1 Å². The molecule has 12 nitrogen and oxygen atoms in total. The first-order valence-electron chi connectivity index (χ1n) is 21.8. The van der Waals surface area contributed by atoms with Crippen molar-refractivity contribution >= 4 is 54.4 Å². The highest BCUT2D eigenvalue weighted by Gasteiger charge is 2.25. The summed E-state index contributed by atoms with van der Waals surface area (Å²) in [7, 11) is -4.75. The molecule has 2 saturated heterocycles. The van der Waals surface area contributed by atoms with Crippen molar-refractivity contribution in [3.63, 3.8) is 0 Å². The maximum atomic E-state index is 14.1. The molecule has 0 bridgehead atoms. The first-order chi connectivity index (χ1) is 31.9. The van der Waals surface area contributed by atoms with E-state index in [1.165, 1.54) is 56.7 Å². The second-order valence-electron chi connectivity index (χ2n) is 16.9. The topological polar surface area (TPSA) is 141 Å². The Morgan fingerprint density at radius 2 is 0.955 bits per heavy atom. The molecule has 6 aromatic rings. The predicted molar refractivity (Wildman–Crippen MR) is 265 cm³/mol. The molecule has 0 amide bonds. The third kappa shape index (κ3) is 12.0. The molecule has 8 rings (SSSR count). The summed E-state index contributed by atoms with van der Waals surface area (Å²) in [5.41, 5.74) is 5.02. The van der Waals surface area contributed by atoms with E-state index in [1.807, 2.05) is 12.1 Å². The van der Waals surface area contributed by atoms with Gasteiger partial charge in [-0.1, -0.05) is 60.1 Å². The van der Waals surface area contributed by atoms with Gasteiger partial charge >= 0.3 is 0 Å². The highest BCUT2D eigenvalue weighted by atomic mass is 35.5. The summed E-state index contributed by atoms with van der Waals surface area (Å²) in [6, 6.07) is 35.5. The fourth-order valence-corrected chi connectivity index (χ4v) is 10.7. The molecule has 2 aliphatic rings. The van der Waals surface area contributed by atoms with Crippen LogP contribution in [-0.2, 0) is 20.0 Å². The lowest BCUT2D eigenvalue weighted by Crippen LogP contribution is -2.54. The zero-order chi connectivity index (χ0) is 48.0. The fourth-order valence-electron chi connectivity index (χ4n) is 8.44. The van der Waals surface area contributed by atoms with Crippen LogP contribution in [0.15, 0.2) is 137 Å². The summed E-state index contributed by atoms with van der Waals surface area (Å²) >= 11 is 5.87. The smallest absolute Gasteiger partial charge is 0.262 e. The first kappa shape index (κ1) is 49.0. The fraction of sp³-hybridized carbons (Fsp3) is 0.280. The normalized spacial score (nSPS) is 18.6. The molecule has 2 fully saturated rings. The minimum Gasteiger partial charge on any atom is -0.495 e. The van der Waals surface area contributed by atoms with Gasteiger partial charge in [-0.05, 0) is 123 Å². The van der Waals surface area contributed by atoms with E-state index in [2.05, 4.69) is 57.6 Å². The van der Waals surface area contributed by atoms with Crippen molar-refractivity contribution in [1.82, 2.24) is 10.6 Å². The number of halogens is 3. The Labute approximate surface area is 397 Å². The summed E-state index contributed by atoms with van der Waals surface area (Å²) in [6.07, 6.45) is 0. The molecule has 2 aliphatic heterocycles. The lowest BCUT2D eigenvalue weighted by molar-refractivity contribution is 0.406. The van der Waals surface area contributed by atoms with E-state index in [-0.39, 0.29) is 20.6 Å². The molecule has 354 valence electrons. The Kier molecular flexibility index (Phi) is 15.3. The quantitative estimate of drug-likeness (QED) is 0.0938. The van der Waals surface area contributed by atoms with Gasteiger partial charge in [-0.3, -0.25) is 9.44 Å². The lowest BCUT2D eigenvalue weighted by Gasteiger charge is -2.38. The monoisotopic (exact) mass is 972 g/mol. The van der Waals surface area contributed by atoms with Crippen molar-refractivity contribution < 1.29 is 35.1 Å². The van der Waals surface area contributed by atoms with Gasteiger partial charge in [0, 0.05) is 67.3 Å². The van der Waals surface area contributed by atoms with Crippen molar-refractivity contribution in [2.24, 2.45) is 0 Å². The molecular formula is C50H55ClF2N6O6S2. The van der Waals surface area contributed by atoms with Gasteiger partial charge in [0.25, 0.3) is 20.0 Å². The lowest BCUT2D eigenvalue weighted by atomic mass is 10.1. The van der Waals surface area contributed by atoms with E-state index in [0.717, 1.165) is 43.1 Å². The maximum absolute atomic E-state index is 14.1. The van der Waals surface area contributed by atoms with Gasteiger partial charge in [-0.25, -0.2) is 25.6 Å². The van der Waals surface area contributed by atoms with Gasteiger partial charge < -0.3 is 29.9 Å². The largest absolute Gasteiger partial charge is 0.495 e. The number of sulfonamides is 2. The number of methoxy groups -OCH3 is 2. The molecule has 0 radical (unpaired) electrons. The molecular weight excluding hydrogens is 918 g/mol. The van der Waals surface area contributed by atoms with Gasteiger partial charge in [0.15, 0.2) is 0 Å². The third-order valence-electron chi connectivity index (χ3n) is 11.5. The highest BCUT2D eigenvalue weighted by molar-refractivity contribution is 7.93. The van der Waals surface area contributed by atoms with Crippen LogP contribution in [0, 0.1) is 11.6 Å². The summed E-state index contributed by atoms with van der Waals surface area (Å²) in [5, 5.41) is 7.00. The van der Waals surface area contributed by atoms with Crippen molar-refractivity contribution in [3.05, 3.63) is 144 Å². The number of rotatable bonds is 12. The molecule has 4 N–H and O–H groups in total. The van der Waals surface area contributed by atoms with Crippen LogP contribution in [0.3, 0.4) is 0 Å². The first-order valence-corrected chi connectivity index (χ1v) is 25.1. The number of nitrogens with one attached hydrogen (secondary N) is 4. The molecule has 0 aromatic heterocycles. The predicted octanol–water partition coefficient (Wildman–Crippen LogP) is 9.63. The standard InChI is InChI=1S/C25H27ClFN3O3S.C25H28FN3O3S/c1-16-14-30(15-17(2)28-16)20-7-11-25(33-3)24(13-20)29-34(31,32)21-8-4-18(5-9-21)19-6-10-23(27)22(26)12-19;1-17-15-29(16-18(2)27-17)20-10-13-25(32-3)24(14-20)28-33(30,31)21-11-8-19(9-12-21)22-6-4-5-7-23(22)26/h4-13,16-17,28-29H,14-15H2,1-3H3;4-14,17-18,27-28H,15-16H2,1-3H3/t16-,17+;17-,18+. The van der Waals surface area contributed by atoms with Crippen LogP contribution in [0.4, 0.5) is 31.5 Å². The van der Waals surface area contributed by atoms with E-state index < -0.39 is 25.9 Å². The van der Waals surface area contributed by atoms with E-state index >= 15 is 0 Å². The molecule has 0 saturated carbocycles. The Bertz CT molecular complexity index is 2890. The van der Waals surface area contributed by atoms with Crippen molar-refractivity contribution in [3.8, 4) is 33.8 Å². The van der Waals surface area contributed by atoms with Crippen molar-refractivity contribution in [1.29, 1.82) is 0 Å². The molecule has 0 aliphatic carbocycles. The second kappa shape index (κ2) is 20.9. The molecule has 4 atom stereocenters. The van der Waals surface area contributed by atoms with Crippen LogP contribution in [0.1, 0.15) is 27.7 Å². The van der Waals surface area contributed by atoms with Crippen LogP contribution < -0.4 is 39.4 Å². The van der Waals surface area contributed by atoms with Crippen molar-refractivity contribution in [2.45, 2.75) is 61.7 Å². The van der Waals surface area contributed by atoms with E-state index in [4.69, 9.17) is 21.1 Å². The number of hydrogen-bond acceptors (Lipinski definition) is 10. The van der Waals surface area contributed by atoms with Crippen LogP contribution in [-0.4, -0.2) is 81.4 Å². The van der Waals surface area contributed by atoms with E-state index in [1.54, 1.807) is 72.8 Å². The molecule has 67 heavy (non-hydrogen) atoms. The van der Waals surface area contributed by atoms with E-state index in [9.17, 15) is 25.6 Å². The van der Waals surface area contributed by atoms with Gasteiger partial charge in [-0.2, -0.15) is 0 Å². The number of piperazine rings is 2. The van der Waals surface area contributed by atoms with Crippen LogP contribution in [0.5, 0.6) is 11.5 Å². The minimum absolute atomic E-state index is 0.0103. The average molecular weight is 974 g/mol. The number of nitrogens with zero attached hydrogens (tertiary/aromatic N) is 2. The van der Waals surface area contributed by atoms with Gasteiger partial charge in [-0.15, -0.1) is 0 Å². The van der Waals surface area contributed by atoms with E-state index in [0.29, 0.717) is 63.7 Å². The van der Waals surface area contributed by atoms with Crippen LogP contribution in [0.25, 0.3) is 22.3 Å². The zero-order valence-electron chi connectivity index (χ0n) is 38.1. The number of ether oxygens (including phenoxy) is 2. The highest BCUT2D eigenvalue weighted by Crippen LogP contribution is 2.35. The van der Waals surface area contributed by atoms with Gasteiger partial charge in [0.05, 0.1) is 40.4 Å². The number of anilines is 4. The second-order valence-corrected chi connectivity index (χ2v) is 20.7. The molecule has 0 spiro atoms. The summed E-state index contributed by atoms with van der Waals surface area (Å²) in [4.78, 5) is 4.64. The molecule has 6 aromatic carbocycles. The molecule has 17 heteroatoms. The average Bonchev–Trinajstić information content (AvgIpc) is 3.29. The summed E-state index contributed by atoms with van der Waals surface area (Å²) < 4.78 is 96.2. The van der Waals surface area contributed by atoms with Crippen LogP contribution in [0.2, 0.25) is 5.02 Å². The Balaban J connectivity index is 0.000000199. The number of benzene rings is 6. The minimum atomic E-state index is -3.88. The summed E-state index contributed by atoms with van der Waals surface area (Å²) in [5.74, 6) is 0.00159. The summed E-state index contributed by atoms with van der Waals surface area (Å²) in [6.45, 7) is 11.8. The van der Waals surface area contributed by atoms with Gasteiger partial charge in [0.2, 0.25) is 0 Å². The Hall–Kier alpha value is -5.91. The molecule has 2 heterocycles. The Morgan fingerprint density at radius 3 is 1.37 bits per heavy atom. The molecule has 0 unspecified atom stereocenters. The SMILES string of the molecule is COc1ccc(N2C[C@@H](C)N[C@@H](C)C2)cc1NS(=O)(=O)c1ccc(-c2ccc(F)c(Cl)c2)cc1.COc1ccc(N2C[C@@H](C)N[C@@H](C)C2)cc1NS(=O)(=O)c1ccc(-c2ccccc2F)cc1. The van der Waals surface area contributed by atoms with Crippen LogP contribution >= 0.6 is 11.6 Å². The maximum Gasteiger partial charge on any atom is 0.262 e.